The number of benzene rings is 1. The molecule has 0 radical (unpaired) electrons. The molecule has 8 heteroatoms. The lowest BCUT2D eigenvalue weighted by Gasteiger charge is -2.13. The number of nitrogens with zero attached hydrogens (tertiary/aromatic N) is 3. The number of carbonyl (C=O) groups excluding carboxylic acids is 1. The van der Waals surface area contributed by atoms with Gasteiger partial charge in [0.1, 0.15) is 5.75 Å². The van der Waals surface area contributed by atoms with Gasteiger partial charge in [0, 0.05) is 21.9 Å². The molecule has 0 atom stereocenters. The fourth-order valence-corrected chi connectivity index (χ4v) is 4.57. The van der Waals surface area contributed by atoms with E-state index in [1.54, 1.807) is 11.3 Å². The predicted molar refractivity (Wildman–Crippen MR) is 120 cm³/mol. The molecule has 0 unspecified atom stereocenters. The molecule has 0 aliphatic carbocycles. The number of hydrogen-bond acceptors (Lipinski definition) is 6. The van der Waals surface area contributed by atoms with Gasteiger partial charge in [-0.2, -0.15) is 0 Å². The first-order valence-corrected chi connectivity index (χ1v) is 11.6. The molecule has 29 heavy (non-hydrogen) atoms. The Balaban J connectivity index is 1.71. The summed E-state index contributed by atoms with van der Waals surface area (Å²) >= 11 is 3.12. The van der Waals surface area contributed by atoms with Gasteiger partial charge in [-0.15, -0.1) is 21.5 Å². The zero-order chi connectivity index (χ0) is 20.8. The van der Waals surface area contributed by atoms with Crippen LogP contribution in [-0.2, 0) is 11.2 Å². The van der Waals surface area contributed by atoms with Gasteiger partial charge in [-0.05, 0) is 45.4 Å². The van der Waals surface area contributed by atoms with Crippen LogP contribution in [-0.4, -0.2) is 33.0 Å². The number of aryl methyl sites for hydroxylation is 1. The van der Waals surface area contributed by atoms with Crippen LogP contribution in [0.2, 0.25) is 0 Å². The van der Waals surface area contributed by atoms with Crippen molar-refractivity contribution in [1.29, 1.82) is 0 Å². The molecule has 6 nitrogen and oxygen atoms in total. The van der Waals surface area contributed by atoms with Crippen molar-refractivity contribution in [2.24, 2.45) is 0 Å². The van der Waals surface area contributed by atoms with E-state index in [2.05, 4.69) is 52.3 Å². The summed E-state index contributed by atoms with van der Waals surface area (Å²) in [7, 11) is 0. The number of carbonyl (C=O) groups is 1. The normalized spacial score (nSPS) is 11.1. The number of ether oxygens (including phenoxy) is 1. The second kappa shape index (κ2) is 9.93. The van der Waals surface area contributed by atoms with E-state index in [9.17, 15) is 4.79 Å². The molecule has 0 saturated carbocycles. The Hall–Kier alpha value is -2.32. The summed E-state index contributed by atoms with van der Waals surface area (Å²) in [5, 5.41) is 14.5. The molecule has 0 fully saturated rings. The maximum atomic E-state index is 12.5. The highest BCUT2D eigenvalue weighted by atomic mass is 32.2. The zero-order valence-electron chi connectivity index (χ0n) is 17.1. The van der Waals surface area contributed by atoms with E-state index in [4.69, 9.17) is 4.74 Å². The van der Waals surface area contributed by atoms with Gasteiger partial charge in [0.2, 0.25) is 5.91 Å². The van der Waals surface area contributed by atoms with Crippen LogP contribution in [0.3, 0.4) is 0 Å². The Labute approximate surface area is 179 Å². The van der Waals surface area contributed by atoms with Crippen molar-refractivity contribution < 1.29 is 9.53 Å². The van der Waals surface area contributed by atoms with E-state index in [1.807, 2.05) is 31.2 Å². The van der Waals surface area contributed by atoms with Gasteiger partial charge in [-0.25, -0.2) is 0 Å². The highest BCUT2D eigenvalue weighted by Crippen LogP contribution is 2.31. The number of nitrogens with one attached hydrogen (secondary N) is 1. The largest absolute Gasteiger partial charge is 0.492 e. The number of amides is 1. The first-order valence-electron chi connectivity index (χ1n) is 9.70. The minimum atomic E-state index is -0.106. The van der Waals surface area contributed by atoms with Gasteiger partial charge in [0.05, 0.1) is 18.0 Å². The average Bonchev–Trinajstić information content (AvgIpc) is 3.34. The first kappa shape index (κ1) is 21.4. The van der Waals surface area contributed by atoms with Crippen molar-refractivity contribution in [3.05, 3.63) is 40.6 Å². The molecule has 0 aliphatic heterocycles. The van der Waals surface area contributed by atoms with Crippen molar-refractivity contribution in [3.8, 4) is 17.1 Å². The van der Waals surface area contributed by atoms with Crippen molar-refractivity contribution in [1.82, 2.24) is 14.8 Å². The van der Waals surface area contributed by atoms with Crippen LogP contribution in [0.1, 0.15) is 38.6 Å². The molecule has 2 aromatic heterocycles. The van der Waals surface area contributed by atoms with Crippen LogP contribution in [0.5, 0.6) is 5.75 Å². The summed E-state index contributed by atoms with van der Waals surface area (Å²) in [6.45, 7) is 8.81. The summed E-state index contributed by atoms with van der Waals surface area (Å²) in [5.74, 6) is 1.66. The molecule has 2 heterocycles. The average molecular weight is 431 g/mol. The van der Waals surface area contributed by atoms with Crippen molar-refractivity contribution in [2.75, 3.05) is 17.7 Å². The number of para-hydroxylation sites is 2. The monoisotopic (exact) mass is 430 g/mol. The number of rotatable bonds is 9. The fraction of sp³-hybridized carbons (Fsp3) is 0.381. The van der Waals surface area contributed by atoms with Crippen LogP contribution in [0, 0.1) is 0 Å². The minimum Gasteiger partial charge on any atom is -0.492 e. The Kier molecular flexibility index (Phi) is 7.33. The van der Waals surface area contributed by atoms with E-state index in [-0.39, 0.29) is 17.7 Å². The molecule has 3 aromatic rings. The molecule has 0 spiro atoms. The smallest absolute Gasteiger partial charge is 0.234 e. The lowest BCUT2D eigenvalue weighted by atomic mass is 10.2. The predicted octanol–water partition coefficient (Wildman–Crippen LogP) is 5.28. The van der Waals surface area contributed by atoms with E-state index in [0.717, 1.165) is 23.0 Å². The molecule has 3 rings (SSSR count). The van der Waals surface area contributed by atoms with Crippen LogP contribution >= 0.6 is 23.1 Å². The number of hydrogen-bond donors (Lipinski definition) is 1. The number of aromatic nitrogens is 3. The van der Waals surface area contributed by atoms with Crippen molar-refractivity contribution >= 4 is 34.7 Å². The quantitative estimate of drug-likeness (QED) is 0.468. The van der Waals surface area contributed by atoms with Crippen LogP contribution in [0.15, 0.2) is 40.9 Å². The molecule has 1 N–H and O–H groups in total. The van der Waals surface area contributed by atoms with Crippen LogP contribution in [0.4, 0.5) is 5.69 Å². The molecule has 0 bridgehead atoms. The summed E-state index contributed by atoms with van der Waals surface area (Å²) in [5.41, 5.74) is 1.76. The second-order valence-corrected chi connectivity index (χ2v) is 8.63. The Morgan fingerprint density at radius 2 is 2.07 bits per heavy atom. The third-order valence-corrected chi connectivity index (χ3v) is 6.26. The lowest BCUT2D eigenvalue weighted by molar-refractivity contribution is -0.113. The number of thioether (sulfide) groups is 1. The summed E-state index contributed by atoms with van der Waals surface area (Å²) in [6.07, 6.45) is 1.01. The highest BCUT2D eigenvalue weighted by molar-refractivity contribution is 7.99. The van der Waals surface area contributed by atoms with E-state index >= 15 is 0 Å². The second-order valence-electron chi connectivity index (χ2n) is 6.69. The van der Waals surface area contributed by atoms with Gasteiger partial charge in [0.15, 0.2) is 11.0 Å². The van der Waals surface area contributed by atoms with E-state index < -0.39 is 0 Å². The number of anilines is 1. The summed E-state index contributed by atoms with van der Waals surface area (Å²) in [4.78, 5) is 13.8. The fourth-order valence-electron chi connectivity index (χ4n) is 2.89. The molecule has 154 valence electrons. The van der Waals surface area contributed by atoms with Gasteiger partial charge >= 0.3 is 0 Å². The molecular weight excluding hydrogens is 404 g/mol. The number of thiophene rings is 1. The van der Waals surface area contributed by atoms with Crippen LogP contribution < -0.4 is 10.1 Å². The third-order valence-electron chi connectivity index (χ3n) is 4.23. The zero-order valence-corrected chi connectivity index (χ0v) is 18.8. The first-order chi connectivity index (χ1) is 14.0. The van der Waals surface area contributed by atoms with Crippen LogP contribution in [0.25, 0.3) is 11.4 Å². The third kappa shape index (κ3) is 5.19. The van der Waals surface area contributed by atoms with Gasteiger partial charge in [0.25, 0.3) is 0 Å². The Morgan fingerprint density at radius 1 is 1.28 bits per heavy atom. The van der Waals surface area contributed by atoms with Crippen molar-refractivity contribution in [3.63, 3.8) is 0 Å². The summed E-state index contributed by atoms with van der Waals surface area (Å²) in [6, 6.07) is 9.80. The van der Waals surface area contributed by atoms with E-state index in [1.165, 1.54) is 16.6 Å². The molecule has 1 aromatic carbocycles. The highest BCUT2D eigenvalue weighted by Gasteiger charge is 2.19. The summed E-state index contributed by atoms with van der Waals surface area (Å²) < 4.78 is 7.66. The topological polar surface area (TPSA) is 69.0 Å². The Bertz CT molecular complexity index is 965. The molecule has 0 aliphatic rings. The molecular formula is C21H26N4O2S2. The maximum absolute atomic E-state index is 12.5. The standard InChI is InChI=1S/C21H26N4O2S2/c1-5-16-11-15(12-28-16)20-23-24-21(25(20)14(3)4)29-13-19(26)22-17-9-7-8-10-18(17)27-6-2/h7-12,14H,5-6,13H2,1-4H3,(H,22,26). The van der Waals surface area contributed by atoms with Gasteiger partial charge in [-0.3, -0.25) is 9.36 Å². The Morgan fingerprint density at radius 3 is 2.76 bits per heavy atom. The maximum Gasteiger partial charge on any atom is 0.234 e. The van der Waals surface area contributed by atoms with E-state index in [0.29, 0.717) is 18.0 Å². The molecule has 1 amide bonds. The van der Waals surface area contributed by atoms with Gasteiger partial charge in [-0.1, -0.05) is 30.8 Å². The minimum absolute atomic E-state index is 0.106. The SMILES string of the molecule is CCOc1ccccc1NC(=O)CSc1nnc(-c2csc(CC)c2)n1C(C)C. The molecule has 0 saturated heterocycles. The lowest BCUT2D eigenvalue weighted by Crippen LogP contribution is -2.15. The van der Waals surface area contributed by atoms with Crippen molar-refractivity contribution in [2.45, 2.75) is 45.3 Å². The van der Waals surface area contributed by atoms with Gasteiger partial charge < -0.3 is 10.1 Å².